The molecule has 1 aromatic heterocycles. The quantitative estimate of drug-likeness (QED) is 0.568. The van der Waals surface area contributed by atoms with Gasteiger partial charge in [0.2, 0.25) is 11.8 Å². The van der Waals surface area contributed by atoms with E-state index >= 15 is 0 Å². The van der Waals surface area contributed by atoms with Crippen molar-refractivity contribution in [3.63, 3.8) is 0 Å². The van der Waals surface area contributed by atoms with Gasteiger partial charge in [0, 0.05) is 45.2 Å². The third-order valence-corrected chi connectivity index (χ3v) is 6.17. The number of rotatable bonds is 6. The normalized spacial score (nSPS) is 16.4. The van der Waals surface area contributed by atoms with Crippen LogP contribution in [0.15, 0.2) is 48.5 Å². The van der Waals surface area contributed by atoms with Crippen molar-refractivity contribution in [3.05, 3.63) is 70.9 Å². The maximum atomic E-state index is 6.35. The van der Waals surface area contributed by atoms with E-state index in [1.165, 1.54) is 11.1 Å². The first-order chi connectivity index (χ1) is 16.2. The Labute approximate surface area is 194 Å². The molecule has 7 heteroatoms. The van der Waals surface area contributed by atoms with Crippen molar-refractivity contribution in [2.24, 2.45) is 0 Å². The Kier molecular flexibility index (Phi) is 6.41. The third kappa shape index (κ3) is 5.10. The minimum absolute atomic E-state index is 0.628. The minimum atomic E-state index is 0.628. The van der Waals surface area contributed by atoms with Gasteiger partial charge in [-0.25, -0.2) is 4.98 Å². The Morgan fingerprint density at radius 1 is 0.970 bits per heavy atom. The van der Waals surface area contributed by atoms with Crippen molar-refractivity contribution in [2.75, 3.05) is 44.9 Å². The van der Waals surface area contributed by atoms with Gasteiger partial charge in [0.05, 0.1) is 31.6 Å². The van der Waals surface area contributed by atoms with Crippen LogP contribution in [0, 0.1) is 6.92 Å². The second kappa shape index (κ2) is 9.77. The van der Waals surface area contributed by atoms with Gasteiger partial charge in [-0.1, -0.05) is 35.9 Å². The van der Waals surface area contributed by atoms with Crippen LogP contribution in [0.2, 0.25) is 0 Å². The van der Waals surface area contributed by atoms with E-state index in [-0.39, 0.29) is 0 Å². The maximum absolute atomic E-state index is 6.35. The van der Waals surface area contributed by atoms with Gasteiger partial charge in [-0.3, -0.25) is 4.90 Å². The molecule has 33 heavy (non-hydrogen) atoms. The second-order valence-electron chi connectivity index (χ2n) is 8.58. The van der Waals surface area contributed by atoms with Crippen LogP contribution in [0.25, 0.3) is 0 Å². The fraction of sp³-hybridized carbons (Fsp3) is 0.385. The van der Waals surface area contributed by atoms with Gasteiger partial charge in [0.25, 0.3) is 0 Å². The summed E-state index contributed by atoms with van der Waals surface area (Å²) in [6.45, 7) is 7.68. The van der Waals surface area contributed by atoms with Crippen molar-refractivity contribution in [3.8, 4) is 17.4 Å². The first-order valence-corrected chi connectivity index (χ1v) is 11.5. The predicted molar refractivity (Wildman–Crippen MR) is 127 cm³/mol. The number of benzene rings is 2. The molecule has 0 aliphatic carbocycles. The summed E-state index contributed by atoms with van der Waals surface area (Å²) < 4.78 is 17.2. The van der Waals surface area contributed by atoms with Crippen LogP contribution < -0.4 is 14.4 Å². The molecule has 0 unspecified atom stereocenters. The van der Waals surface area contributed by atoms with Gasteiger partial charge in [-0.2, -0.15) is 4.98 Å². The SMILES string of the molecule is COc1cccc(Oc2nc(N3CCOCC3)nc3c2CN(Cc2ccc(C)cc2)CC3)c1. The number of hydrogen-bond acceptors (Lipinski definition) is 7. The van der Waals surface area contributed by atoms with Gasteiger partial charge in [0.1, 0.15) is 11.5 Å². The lowest BCUT2D eigenvalue weighted by atomic mass is 10.1. The van der Waals surface area contributed by atoms with Crippen LogP contribution in [-0.2, 0) is 24.2 Å². The first kappa shape index (κ1) is 21.7. The van der Waals surface area contributed by atoms with Gasteiger partial charge >= 0.3 is 0 Å². The van der Waals surface area contributed by atoms with Crippen molar-refractivity contribution >= 4 is 5.95 Å². The number of aromatic nitrogens is 2. The lowest BCUT2D eigenvalue weighted by Gasteiger charge is -2.32. The molecular formula is C26H30N4O3. The monoisotopic (exact) mass is 446 g/mol. The predicted octanol–water partition coefficient (Wildman–Crippen LogP) is 3.98. The molecule has 0 saturated carbocycles. The molecule has 2 aliphatic rings. The Morgan fingerprint density at radius 2 is 1.76 bits per heavy atom. The summed E-state index contributed by atoms with van der Waals surface area (Å²) in [4.78, 5) is 14.5. The van der Waals surface area contributed by atoms with Gasteiger partial charge in [-0.15, -0.1) is 0 Å². The van der Waals surface area contributed by atoms with Crippen LogP contribution in [0.4, 0.5) is 5.95 Å². The molecule has 0 atom stereocenters. The molecule has 2 aromatic carbocycles. The number of aryl methyl sites for hydroxylation is 1. The second-order valence-corrected chi connectivity index (χ2v) is 8.58. The standard InChI is InChI=1S/C26H30N4O3/c1-19-6-8-20(9-7-19)17-29-11-10-24-23(18-29)25(33-22-5-3-4-21(16-22)31-2)28-26(27-24)30-12-14-32-15-13-30/h3-9,16H,10-15,17-18H2,1-2H3. The lowest BCUT2D eigenvalue weighted by Crippen LogP contribution is -2.38. The van der Waals surface area contributed by atoms with E-state index in [1.807, 2.05) is 24.3 Å². The molecule has 0 spiro atoms. The molecule has 0 N–H and O–H groups in total. The van der Waals surface area contributed by atoms with E-state index in [9.17, 15) is 0 Å². The Hall–Kier alpha value is -3.16. The van der Waals surface area contributed by atoms with Crippen LogP contribution >= 0.6 is 0 Å². The molecule has 1 fully saturated rings. The first-order valence-electron chi connectivity index (χ1n) is 11.5. The van der Waals surface area contributed by atoms with Crippen LogP contribution in [0.5, 0.6) is 17.4 Å². The fourth-order valence-electron chi connectivity index (χ4n) is 4.28. The number of hydrogen-bond donors (Lipinski definition) is 0. The summed E-state index contributed by atoms with van der Waals surface area (Å²) in [5.74, 6) is 2.81. The molecule has 0 radical (unpaired) electrons. The van der Waals surface area contributed by atoms with Crippen molar-refractivity contribution < 1.29 is 14.2 Å². The lowest BCUT2D eigenvalue weighted by molar-refractivity contribution is 0.122. The zero-order chi connectivity index (χ0) is 22.6. The smallest absolute Gasteiger partial charge is 0.229 e. The van der Waals surface area contributed by atoms with Crippen molar-refractivity contribution in [1.29, 1.82) is 0 Å². The number of ether oxygens (including phenoxy) is 3. The summed E-state index contributed by atoms with van der Waals surface area (Å²) in [5.41, 5.74) is 4.73. The molecule has 0 amide bonds. The fourth-order valence-corrected chi connectivity index (χ4v) is 4.28. The average molecular weight is 447 g/mol. The summed E-state index contributed by atoms with van der Waals surface area (Å²) in [6.07, 6.45) is 0.871. The number of fused-ring (bicyclic) bond motifs is 1. The Morgan fingerprint density at radius 3 is 2.55 bits per heavy atom. The van der Waals surface area contributed by atoms with E-state index in [0.29, 0.717) is 24.8 Å². The molecule has 7 nitrogen and oxygen atoms in total. The van der Waals surface area contributed by atoms with Crippen LogP contribution in [0.1, 0.15) is 22.4 Å². The summed E-state index contributed by atoms with van der Waals surface area (Å²) >= 11 is 0. The number of anilines is 1. The van der Waals surface area contributed by atoms with Gasteiger partial charge in [0.15, 0.2) is 0 Å². The van der Waals surface area contributed by atoms with Gasteiger partial charge in [-0.05, 0) is 24.6 Å². The maximum Gasteiger partial charge on any atom is 0.229 e. The topological polar surface area (TPSA) is 60.0 Å². The number of nitrogens with zero attached hydrogens (tertiary/aromatic N) is 4. The highest BCUT2D eigenvalue weighted by atomic mass is 16.5. The molecule has 1 saturated heterocycles. The van der Waals surface area contributed by atoms with Gasteiger partial charge < -0.3 is 19.1 Å². The molecule has 3 aromatic rings. The average Bonchev–Trinajstić information content (AvgIpc) is 2.86. The molecule has 2 aliphatic heterocycles. The highest BCUT2D eigenvalue weighted by Crippen LogP contribution is 2.33. The molecule has 0 bridgehead atoms. The summed E-state index contributed by atoms with van der Waals surface area (Å²) in [6, 6.07) is 16.4. The third-order valence-electron chi connectivity index (χ3n) is 6.17. The molecular weight excluding hydrogens is 416 g/mol. The zero-order valence-corrected chi connectivity index (χ0v) is 19.3. The van der Waals surface area contributed by atoms with E-state index in [2.05, 4.69) is 41.0 Å². The summed E-state index contributed by atoms with van der Waals surface area (Å²) in [5, 5.41) is 0. The van der Waals surface area contributed by atoms with Crippen molar-refractivity contribution in [1.82, 2.24) is 14.9 Å². The van der Waals surface area contributed by atoms with E-state index in [4.69, 9.17) is 24.2 Å². The molecule has 172 valence electrons. The highest BCUT2D eigenvalue weighted by Gasteiger charge is 2.26. The van der Waals surface area contributed by atoms with Crippen LogP contribution in [-0.4, -0.2) is 54.8 Å². The van der Waals surface area contributed by atoms with E-state index < -0.39 is 0 Å². The van der Waals surface area contributed by atoms with Crippen LogP contribution in [0.3, 0.4) is 0 Å². The number of morpholine rings is 1. The molecule has 5 rings (SSSR count). The zero-order valence-electron chi connectivity index (χ0n) is 19.3. The molecule has 3 heterocycles. The minimum Gasteiger partial charge on any atom is -0.497 e. The summed E-state index contributed by atoms with van der Waals surface area (Å²) in [7, 11) is 1.66. The Bertz CT molecular complexity index is 1100. The highest BCUT2D eigenvalue weighted by molar-refractivity contribution is 5.44. The largest absolute Gasteiger partial charge is 0.497 e. The Balaban J connectivity index is 1.45. The van der Waals surface area contributed by atoms with E-state index in [0.717, 1.165) is 62.1 Å². The number of methoxy groups -OCH3 is 1. The van der Waals surface area contributed by atoms with Crippen molar-refractivity contribution in [2.45, 2.75) is 26.4 Å². The van der Waals surface area contributed by atoms with E-state index in [1.54, 1.807) is 7.11 Å².